The lowest BCUT2D eigenvalue weighted by molar-refractivity contribution is -0.139. The molecule has 0 fully saturated rings. The second kappa shape index (κ2) is 6.36. The van der Waals surface area contributed by atoms with E-state index in [1.807, 2.05) is 0 Å². The van der Waals surface area contributed by atoms with Crippen molar-refractivity contribution < 1.29 is 22.7 Å². The van der Waals surface area contributed by atoms with Crippen LogP contribution in [-0.2, 0) is 9.53 Å². The summed E-state index contributed by atoms with van der Waals surface area (Å²) in [6, 6.07) is 5.61. The van der Waals surface area contributed by atoms with Crippen molar-refractivity contribution in [2.24, 2.45) is 0 Å². The molecule has 0 aromatic heterocycles. The van der Waals surface area contributed by atoms with Crippen LogP contribution in [0.15, 0.2) is 29.2 Å². The molecule has 1 aromatic rings. The molecule has 0 unspecified atom stereocenters. The number of benzene rings is 1. The number of thioether (sulfide) groups is 1. The zero-order valence-electron chi connectivity index (χ0n) is 9.38. The molecule has 0 aliphatic rings. The third-order valence-corrected chi connectivity index (χ3v) is 2.52. The van der Waals surface area contributed by atoms with Crippen molar-refractivity contribution in [2.45, 2.75) is 16.8 Å². The Labute approximate surface area is 107 Å². The highest BCUT2D eigenvalue weighted by Crippen LogP contribution is 2.36. The summed E-state index contributed by atoms with van der Waals surface area (Å²) in [6.07, 6.45) is -0.0461. The van der Waals surface area contributed by atoms with E-state index < -0.39 is 11.5 Å². The first-order valence-electron chi connectivity index (χ1n) is 4.82. The second-order valence-corrected chi connectivity index (χ2v) is 4.27. The molecule has 0 heterocycles. The Morgan fingerprint density at radius 3 is 2.44 bits per heavy atom. The van der Waals surface area contributed by atoms with Gasteiger partial charge in [0, 0.05) is 10.5 Å². The summed E-state index contributed by atoms with van der Waals surface area (Å²) in [5, 5.41) is 0. The molecule has 0 saturated heterocycles. The van der Waals surface area contributed by atoms with Gasteiger partial charge in [0.05, 0.1) is 7.11 Å². The van der Waals surface area contributed by atoms with Crippen LogP contribution in [0.5, 0.6) is 0 Å². The van der Waals surface area contributed by atoms with E-state index in [-0.39, 0.29) is 23.1 Å². The third-order valence-electron chi connectivity index (χ3n) is 1.78. The SMILES string of the molecule is COC(=O)CC#Cc1ccc(SC(F)(F)F)cc1. The summed E-state index contributed by atoms with van der Waals surface area (Å²) in [5.41, 5.74) is -3.75. The smallest absolute Gasteiger partial charge is 0.446 e. The van der Waals surface area contributed by atoms with Crippen molar-refractivity contribution in [1.29, 1.82) is 0 Å². The Hall–Kier alpha value is -1.61. The van der Waals surface area contributed by atoms with Gasteiger partial charge in [-0.25, -0.2) is 0 Å². The van der Waals surface area contributed by atoms with Crippen molar-refractivity contribution in [3.63, 3.8) is 0 Å². The van der Waals surface area contributed by atoms with E-state index in [9.17, 15) is 18.0 Å². The predicted octanol–water partition coefficient (Wildman–Crippen LogP) is 3.21. The van der Waals surface area contributed by atoms with Gasteiger partial charge in [0.2, 0.25) is 0 Å². The summed E-state index contributed by atoms with van der Waals surface area (Å²) >= 11 is -0.180. The molecule has 0 spiro atoms. The number of hydrogen-bond donors (Lipinski definition) is 0. The Bertz CT molecular complexity index is 469. The monoisotopic (exact) mass is 274 g/mol. The fourth-order valence-electron chi connectivity index (χ4n) is 1.03. The van der Waals surface area contributed by atoms with Crippen molar-refractivity contribution in [2.75, 3.05) is 7.11 Å². The maximum atomic E-state index is 12.1. The maximum absolute atomic E-state index is 12.1. The van der Waals surface area contributed by atoms with E-state index >= 15 is 0 Å². The molecule has 18 heavy (non-hydrogen) atoms. The quantitative estimate of drug-likeness (QED) is 0.470. The molecule has 0 radical (unpaired) electrons. The number of alkyl halides is 3. The highest BCUT2D eigenvalue weighted by Gasteiger charge is 2.28. The highest BCUT2D eigenvalue weighted by atomic mass is 32.2. The number of hydrogen-bond acceptors (Lipinski definition) is 3. The normalized spacial score (nSPS) is 10.4. The van der Waals surface area contributed by atoms with E-state index in [0.29, 0.717) is 5.56 Å². The van der Waals surface area contributed by atoms with Crippen LogP contribution >= 0.6 is 11.8 Å². The number of carbonyl (C=O) groups excluding carboxylic acids is 1. The lowest BCUT2D eigenvalue weighted by Crippen LogP contribution is -1.98. The van der Waals surface area contributed by atoms with Crippen LogP contribution in [0, 0.1) is 11.8 Å². The van der Waals surface area contributed by atoms with E-state index in [1.165, 1.54) is 31.4 Å². The van der Waals surface area contributed by atoms with E-state index in [4.69, 9.17) is 0 Å². The zero-order valence-corrected chi connectivity index (χ0v) is 10.2. The van der Waals surface area contributed by atoms with Gasteiger partial charge >= 0.3 is 11.5 Å². The number of methoxy groups -OCH3 is 1. The summed E-state index contributed by atoms with van der Waals surface area (Å²) in [7, 11) is 1.26. The molecule has 96 valence electrons. The van der Waals surface area contributed by atoms with Gasteiger partial charge in [0.25, 0.3) is 0 Å². The van der Waals surface area contributed by atoms with Crippen LogP contribution in [0.25, 0.3) is 0 Å². The molecule has 0 aliphatic carbocycles. The molecular weight excluding hydrogens is 265 g/mol. The lowest BCUT2D eigenvalue weighted by atomic mass is 10.2. The van der Waals surface area contributed by atoms with E-state index in [1.54, 1.807) is 0 Å². The van der Waals surface area contributed by atoms with Crippen LogP contribution in [-0.4, -0.2) is 18.6 Å². The first-order chi connectivity index (χ1) is 8.40. The van der Waals surface area contributed by atoms with Crippen LogP contribution in [0.3, 0.4) is 0 Å². The maximum Gasteiger partial charge on any atom is 0.446 e. The second-order valence-electron chi connectivity index (χ2n) is 3.13. The molecule has 0 aliphatic heterocycles. The topological polar surface area (TPSA) is 26.3 Å². The highest BCUT2D eigenvalue weighted by molar-refractivity contribution is 8.00. The van der Waals surface area contributed by atoms with Crippen molar-refractivity contribution in [3.8, 4) is 11.8 Å². The van der Waals surface area contributed by atoms with Gasteiger partial charge in [-0.1, -0.05) is 11.8 Å². The van der Waals surface area contributed by atoms with E-state index in [2.05, 4.69) is 16.6 Å². The molecule has 0 N–H and O–H groups in total. The van der Waals surface area contributed by atoms with Gasteiger partial charge < -0.3 is 4.74 Å². The number of esters is 1. The van der Waals surface area contributed by atoms with Gasteiger partial charge in [0.1, 0.15) is 6.42 Å². The van der Waals surface area contributed by atoms with Crippen molar-refractivity contribution in [3.05, 3.63) is 29.8 Å². The third kappa shape index (κ3) is 5.64. The summed E-state index contributed by atoms with van der Waals surface area (Å²) < 4.78 is 40.6. The first kappa shape index (κ1) is 14.5. The summed E-state index contributed by atoms with van der Waals surface area (Å²) in [5.74, 6) is 4.77. The average Bonchev–Trinajstić information content (AvgIpc) is 2.29. The molecule has 1 rings (SSSR count). The van der Waals surface area contributed by atoms with Crippen LogP contribution in [0.4, 0.5) is 13.2 Å². The van der Waals surface area contributed by atoms with Crippen LogP contribution in [0.2, 0.25) is 0 Å². The van der Waals surface area contributed by atoms with Gasteiger partial charge in [-0.05, 0) is 36.0 Å². The Kier molecular flexibility index (Phi) is 5.10. The summed E-state index contributed by atoms with van der Waals surface area (Å²) in [6.45, 7) is 0. The molecule has 2 nitrogen and oxygen atoms in total. The molecule has 0 amide bonds. The van der Waals surface area contributed by atoms with Gasteiger partial charge in [-0.3, -0.25) is 4.79 Å². The Morgan fingerprint density at radius 1 is 1.33 bits per heavy atom. The largest absolute Gasteiger partial charge is 0.468 e. The number of ether oxygens (including phenoxy) is 1. The average molecular weight is 274 g/mol. The minimum atomic E-state index is -4.29. The van der Waals surface area contributed by atoms with Crippen molar-refractivity contribution in [1.82, 2.24) is 0 Å². The van der Waals surface area contributed by atoms with Gasteiger partial charge in [-0.2, -0.15) is 13.2 Å². The molecule has 0 saturated carbocycles. The molecule has 0 bridgehead atoms. The van der Waals surface area contributed by atoms with Crippen LogP contribution < -0.4 is 0 Å². The minimum absolute atomic E-state index is 0.0461. The number of halogens is 3. The number of rotatable bonds is 2. The molecular formula is C12H9F3O2S. The molecule has 0 atom stereocenters. The predicted molar refractivity (Wildman–Crippen MR) is 61.9 cm³/mol. The van der Waals surface area contributed by atoms with E-state index in [0.717, 1.165) is 0 Å². The van der Waals surface area contributed by atoms with Crippen molar-refractivity contribution >= 4 is 17.7 Å². The molecule has 1 aromatic carbocycles. The fourth-order valence-corrected chi connectivity index (χ4v) is 1.57. The van der Waals surface area contributed by atoms with Crippen LogP contribution in [0.1, 0.15) is 12.0 Å². The molecule has 6 heteroatoms. The Morgan fingerprint density at radius 2 is 1.94 bits per heavy atom. The lowest BCUT2D eigenvalue weighted by Gasteiger charge is -2.04. The van der Waals surface area contributed by atoms with Gasteiger partial charge in [-0.15, -0.1) is 0 Å². The number of carbonyl (C=O) groups is 1. The minimum Gasteiger partial charge on any atom is -0.468 e. The fraction of sp³-hybridized carbons (Fsp3) is 0.250. The zero-order chi connectivity index (χ0) is 13.6. The van der Waals surface area contributed by atoms with Gasteiger partial charge in [0.15, 0.2) is 0 Å². The standard InChI is InChI=1S/C12H9F3O2S/c1-17-11(16)4-2-3-9-5-7-10(8-6-9)18-12(13,14)15/h5-8H,4H2,1H3. The summed E-state index contributed by atoms with van der Waals surface area (Å²) in [4.78, 5) is 10.9. The Balaban J connectivity index is 2.63. The first-order valence-corrected chi connectivity index (χ1v) is 5.64.